The molecule has 4 heteroatoms. The largest absolute Gasteiger partial charge is 0.309 e. The summed E-state index contributed by atoms with van der Waals surface area (Å²) in [6, 6.07) is 71.2. The molecule has 0 aliphatic heterocycles. The summed E-state index contributed by atoms with van der Waals surface area (Å²) in [5, 5.41) is 4.59. The van der Waals surface area contributed by atoms with Crippen molar-refractivity contribution in [2.45, 2.75) is 0 Å². The number of rotatable bonds is 6. The van der Waals surface area contributed by atoms with Crippen LogP contribution in [0.25, 0.3) is 99.8 Å². The Hall–Kier alpha value is -7.74. The molecule has 11 aromatic rings. The van der Waals surface area contributed by atoms with Gasteiger partial charge in [0.05, 0.1) is 38.8 Å². The quantitative estimate of drug-likeness (QED) is 0.172. The minimum Gasteiger partial charge on any atom is -0.309 e. The van der Waals surface area contributed by atoms with Crippen LogP contribution in [-0.4, -0.2) is 19.1 Å². The van der Waals surface area contributed by atoms with Crippen molar-refractivity contribution in [2.75, 3.05) is 0 Å². The fraction of sp³-hybridized carbons (Fsp3) is 0. The van der Waals surface area contributed by atoms with E-state index in [0.717, 1.165) is 89.0 Å². The molecule has 7 aromatic carbocycles. The lowest BCUT2D eigenvalue weighted by Crippen LogP contribution is -1.98. The Labute approximate surface area is 324 Å². The minimum absolute atomic E-state index is 0.956. The summed E-state index contributed by atoms with van der Waals surface area (Å²) >= 11 is 0. The van der Waals surface area contributed by atoms with Crippen LogP contribution in [0.3, 0.4) is 0 Å². The molecule has 0 spiro atoms. The lowest BCUT2D eigenvalue weighted by atomic mass is 9.96. The summed E-state index contributed by atoms with van der Waals surface area (Å²) in [6.07, 6.45) is 3.71. The third kappa shape index (κ3) is 5.10. The zero-order valence-electron chi connectivity index (χ0n) is 30.3. The van der Waals surface area contributed by atoms with Crippen LogP contribution in [0.5, 0.6) is 0 Å². The lowest BCUT2D eigenvalue weighted by Gasteiger charge is -2.13. The van der Waals surface area contributed by atoms with Crippen LogP contribution in [-0.2, 0) is 0 Å². The first-order valence-electron chi connectivity index (χ1n) is 18.8. The van der Waals surface area contributed by atoms with Gasteiger partial charge < -0.3 is 9.13 Å². The first-order chi connectivity index (χ1) is 27.8. The Morgan fingerprint density at radius 3 is 1.55 bits per heavy atom. The molecule has 0 atom stereocenters. The van der Waals surface area contributed by atoms with Gasteiger partial charge >= 0.3 is 0 Å². The zero-order chi connectivity index (χ0) is 37.0. The molecule has 0 saturated carbocycles. The summed E-state index contributed by atoms with van der Waals surface area (Å²) < 4.78 is 4.75. The number of hydrogen-bond acceptors (Lipinski definition) is 2. The van der Waals surface area contributed by atoms with Crippen LogP contribution in [0.4, 0.5) is 0 Å². The Morgan fingerprint density at radius 2 is 0.911 bits per heavy atom. The van der Waals surface area contributed by atoms with Gasteiger partial charge in [0.15, 0.2) is 0 Å². The fourth-order valence-electron chi connectivity index (χ4n) is 8.43. The van der Waals surface area contributed by atoms with E-state index in [1.54, 1.807) is 0 Å². The molecule has 4 aromatic heterocycles. The van der Waals surface area contributed by atoms with Gasteiger partial charge in [0.1, 0.15) is 0 Å². The molecule has 0 unspecified atom stereocenters. The molecule has 0 aliphatic carbocycles. The van der Waals surface area contributed by atoms with E-state index in [0.29, 0.717) is 0 Å². The maximum atomic E-state index is 4.68. The number of hydrogen-bond donors (Lipinski definition) is 0. The van der Waals surface area contributed by atoms with Crippen molar-refractivity contribution in [3.63, 3.8) is 0 Å². The molecule has 4 nitrogen and oxygen atoms in total. The van der Waals surface area contributed by atoms with Gasteiger partial charge in [0.25, 0.3) is 0 Å². The first-order valence-corrected chi connectivity index (χ1v) is 18.8. The van der Waals surface area contributed by atoms with Crippen molar-refractivity contribution in [1.29, 1.82) is 0 Å². The van der Waals surface area contributed by atoms with E-state index in [9.17, 15) is 0 Å². The average molecular weight is 713 g/mol. The van der Waals surface area contributed by atoms with Crippen molar-refractivity contribution in [2.24, 2.45) is 0 Å². The van der Waals surface area contributed by atoms with E-state index in [4.69, 9.17) is 0 Å². The summed E-state index contributed by atoms with van der Waals surface area (Å²) in [5.41, 5.74) is 15.5. The highest BCUT2D eigenvalue weighted by Gasteiger charge is 2.18. The molecule has 0 bridgehead atoms. The summed E-state index contributed by atoms with van der Waals surface area (Å²) in [7, 11) is 0. The second-order valence-corrected chi connectivity index (χ2v) is 14.1. The predicted octanol–water partition coefficient (Wildman–Crippen LogP) is 12.9. The molecular formula is C52H32N4. The van der Waals surface area contributed by atoms with Crippen LogP contribution in [0.1, 0.15) is 0 Å². The van der Waals surface area contributed by atoms with Crippen molar-refractivity contribution < 1.29 is 0 Å². The Kier molecular flexibility index (Phi) is 7.36. The number of fused-ring (bicyclic) bond motifs is 6. The number of benzene rings is 6. The maximum absolute atomic E-state index is 4.68. The third-order valence-corrected chi connectivity index (χ3v) is 10.9. The molecule has 0 fully saturated rings. The fourth-order valence-corrected chi connectivity index (χ4v) is 8.43. The molecule has 260 valence electrons. The molecule has 0 N–H and O–H groups in total. The van der Waals surface area contributed by atoms with Gasteiger partial charge in [0, 0.05) is 51.1 Å². The number of para-hydroxylation sites is 1. The van der Waals surface area contributed by atoms with Gasteiger partial charge in [-0.05, 0) is 107 Å². The van der Waals surface area contributed by atoms with Crippen LogP contribution in [0, 0.1) is 12.1 Å². The Balaban J connectivity index is 1.06. The molecule has 4 heterocycles. The van der Waals surface area contributed by atoms with Gasteiger partial charge in [-0.25, -0.2) is 0 Å². The molecular weight excluding hydrogens is 681 g/mol. The van der Waals surface area contributed by atoms with Crippen molar-refractivity contribution >= 4 is 43.6 Å². The topological polar surface area (TPSA) is 35.6 Å². The van der Waals surface area contributed by atoms with Gasteiger partial charge in [-0.3, -0.25) is 9.97 Å². The Bertz CT molecular complexity index is 3030. The van der Waals surface area contributed by atoms with Crippen LogP contribution < -0.4 is 0 Å². The standard InChI is InChI=1S/C52H32N4/c1-3-18-41(47-22-9-11-30-53-47)39(16-1)35-26-28-51-45(32-35)43-20-5-7-24-49(43)55(51)37-14-13-15-38(34-37)56-50-25-8-6-21-44(50)46-33-36(27-29-52(46)56)40-17-2-4-19-42(40)48-23-10-12-31-54-48/h1-5,7-20,22-34H. The maximum Gasteiger partial charge on any atom is 0.0708 e. The normalized spacial score (nSPS) is 11.4. The van der Waals surface area contributed by atoms with E-state index in [1.165, 1.54) is 10.8 Å². The molecule has 0 amide bonds. The van der Waals surface area contributed by atoms with Gasteiger partial charge in [-0.2, -0.15) is 0 Å². The van der Waals surface area contributed by atoms with Gasteiger partial charge in [-0.15, -0.1) is 0 Å². The molecule has 0 saturated heterocycles. The van der Waals surface area contributed by atoms with Crippen molar-refractivity contribution in [3.8, 4) is 56.1 Å². The monoisotopic (exact) mass is 712 g/mol. The minimum atomic E-state index is 0.956. The van der Waals surface area contributed by atoms with E-state index < -0.39 is 0 Å². The SMILES string of the molecule is c1ccc2c(c#1)c1cc(-c3ccccc3-c3ccccn3)ccc1n2-c1cccc(-n2c3ccccc3c3cc(-c4ccccc4-c4ccccn4)ccc32)c1. The second kappa shape index (κ2) is 13.0. The summed E-state index contributed by atoms with van der Waals surface area (Å²) in [4.78, 5) is 9.35. The predicted molar refractivity (Wildman–Crippen MR) is 230 cm³/mol. The number of nitrogens with zero attached hydrogens (tertiary/aromatic N) is 4. The van der Waals surface area contributed by atoms with Crippen molar-refractivity contribution in [1.82, 2.24) is 19.1 Å². The highest BCUT2D eigenvalue weighted by molar-refractivity contribution is 6.12. The zero-order valence-corrected chi connectivity index (χ0v) is 30.3. The van der Waals surface area contributed by atoms with Crippen LogP contribution >= 0.6 is 0 Å². The van der Waals surface area contributed by atoms with E-state index in [-0.39, 0.29) is 0 Å². The van der Waals surface area contributed by atoms with Gasteiger partial charge in [-0.1, -0.05) is 109 Å². The highest BCUT2D eigenvalue weighted by Crippen LogP contribution is 2.40. The van der Waals surface area contributed by atoms with E-state index in [1.807, 2.05) is 42.7 Å². The molecule has 0 aliphatic rings. The molecule has 11 rings (SSSR count). The Morgan fingerprint density at radius 1 is 0.375 bits per heavy atom. The number of aromatic nitrogens is 4. The smallest absolute Gasteiger partial charge is 0.0708 e. The van der Waals surface area contributed by atoms with Crippen LogP contribution in [0.15, 0.2) is 194 Å². The van der Waals surface area contributed by atoms with E-state index in [2.05, 4.69) is 183 Å². The lowest BCUT2D eigenvalue weighted by molar-refractivity contribution is 1.13. The molecule has 56 heavy (non-hydrogen) atoms. The third-order valence-electron chi connectivity index (χ3n) is 10.9. The second-order valence-electron chi connectivity index (χ2n) is 14.1. The summed E-state index contributed by atoms with van der Waals surface area (Å²) in [6.45, 7) is 0. The van der Waals surface area contributed by atoms with Crippen LogP contribution in [0.2, 0.25) is 0 Å². The first kappa shape index (κ1) is 31.8. The number of pyridine rings is 2. The average Bonchev–Trinajstić information content (AvgIpc) is 3.79. The van der Waals surface area contributed by atoms with Gasteiger partial charge in [0.2, 0.25) is 0 Å². The van der Waals surface area contributed by atoms with E-state index >= 15 is 0 Å². The highest BCUT2D eigenvalue weighted by atomic mass is 15.0. The summed E-state index contributed by atoms with van der Waals surface area (Å²) in [5.74, 6) is 0. The molecule has 0 radical (unpaired) electrons. The van der Waals surface area contributed by atoms with Crippen molar-refractivity contribution in [3.05, 3.63) is 207 Å².